The van der Waals surface area contributed by atoms with Crippen LogP contribution in [0.1, 0.15) is 5.56 Å². The first kappa shape index (κ1) is 6.87. The molecule has 0 saturated heterocycles. The number of hydrogen-bond donors (Lipinski definition) is 0. The van der Waals surface area contributed by atoms with E-state index < -0.39 is 0 Å². The molecule has 0 aliphatic rings. The molecule has 0 amide bonds. The van der Waals surface area contributed by atoms with Crippen LogP contribution >= 0.6 is 0 Å². The van der Waals surface area contributed by atoms with Gasteiger partial charge in [0.25, 0.3) is 0 Å². The Kier molecular flexibility index (Phi) is 1.53. The standard InChI is InChI=1S/C11H7N/c1-2-9-7-12-8-10-5-3-4-6-11(9)10/h1,3-8H. The number of hydrogen-bond acceptors (Lipinski definition) is 1. The Morgan fingerprint density at radius 2 is 2.00 bits per heavy atom. The maximum absolute atomic E-state index is 5.33. The van der Waals surface area contributed by atoms with Crippen molar-refractivity contribution in [2.24, 2.45) is 0 Å². The van der Waals surface area contributed by atoms with Crippen LogP contribution in [0.15, 0.2) is 36.7 Å². The zero-order valence-electron chi connectivity index (χ0n) is 6.49. The Balaban J connectivity index is 2.91. The van der Waals surface area contributed by atoms with E-state index in [1.807, 2.05) is 30.5 Å². The fraction of sp³-hybridized carbons (Fsp3) is 0. The topological polar surface area (TPSA) is 12.9 Å². The fourth-order valence-corrected chi connectivity index (χ4v) is 1.23. The minimum Gasteiger partial charge on any atom is -0.263 e. The van der Waals surface area contributed by atoms with Crippen molar-refractivity contribution in [3.63, 3.8) is 0 Å². The molecule has 0 radical (unpaired) electrons. The van der Waals surface area contributed by atoms with Crippen molar-refractivity contribution >= 4 is 10.8 Å². The van der Waals surface area contributed by atoms with Crippen LogP contribution in [0.4, 0.5) is 0 Å². The third-order valence-corrected chi connectivity index (χ3v) is 1.82. The molecule has 0 bridgehead atoms. The van der Waals surface area contributed by atoms with Gasteiger partial charge in [-0.3, -0.25) is 4.98 Å². The Morgan fingerprint density at radius 3 is 2.83 bits per heavy atom. The van der Waals surface area contributed by atoms with Crippen LogP contribution in [0.5, 0.6) is 0 Å². The molecule has 0 N–H and O–H groups in total. The van der Waals surface area contributed by atoms with Crippen molar-refractivity contribution in [1.29, 1.82) is 0 Å². The summed E-state index contributed by atoms with van der Waals surface area (Å²) in [6, 6.07) is 7.96. The van der Waals surface area contributed by atoms with Gasteiger partial charge in [0.2, 0.25) is 0 Å². The number of rotatable bonds is 0. The Hall–Kier alpha value is -1.81. The summed E-state index contributed by atoms with van der Waals surface area (Å²) >= 11 is 0. The normalized spacial score (nSPS) is 9.58. The van der Waals surface area contributed by atoms with Gasteiger partial charge in [0.15, 0.2) is 0 Å². The van der Waals surface area contributed by atoms with Crippen LogP contribution in [0, 0.1) is 12.3 Å². The van der Waals surface area contributed by atoms with E-state index in [1.165, 1.54) is 0 Å². The lowest BCUT2D eigenvalue weighted by Crippen LogP contribution is -1.80. The van der Waals surface area contributed by atoms with Gasteiger partial charge in [-0.05, 0) is 0 Å². The number of terminal acetylenes is 1. The summed E-state index contributed by atoms with van der Waals surface area (Å²) in [7, 11) is 0. The quantitative estimate of drug-likeness (QED) is 0.529. The molecule has 0 atom stereocenters. The summed E-state index contributed by atoms with van der Waals surface area (Å²) < 4.78 is 0. The predicted molar refractivity (Wildman–Crippen MR) is 49.7 cm³/mol. The number of benzene rings is 1. The highest BCUT2D eigenvalue weighted by molar-refractivity contribution is 5.86. The summed E-state index contributed by atoms with van der Waals surface area (Å²) in [6.07, 6.45) is 8.85. The number of aromatic nitrogens is 1. The molecule has 12 heavy (non-hydrogen) atoms. The molecule has 1 aromatic heterocycles. The van der Waals surface area contributed by atoms with Gasteiger partial charge < -0.3 is 0 Å². The van der Waals surface area contributed by atoms with Crippen molar-refractivity contribution in [1.82, 2.24) is 4.98 Å². The molecule has 1 heteroatoms. The van der Waals surface area contributed by atoms with Gasteiger partial charge in [0.05, 0.1) is 5.56 Å². The summed E-state index contributed by atoms with van der Waals surface area (Å²) in [5.74, 6) is 2.61. The summed E-state index contributed by atoms with van der Waals surface area (Å²) in [5.41, 5.74) is 0.855. The SMILES string of the molecule is C#Cc1cncc2ccccc12. The molecule has 1 nitrogen and oxygen atoms in total. The van der Waals surface area contributed by atoms with Crippen molar-refractivity contribution < 1.29 is 0 Å². The van der Waals surface area contributed by atoms with Crippen LogP contribution in [-0.2, 0) is 0 Å². The van der Waals surface area contributed by atoms with E-state index >= 15 is 0 Å². The molecular weight excluding hydrogens is 146 g/mol. The number of pyridine rings is 1. The molecule has 1 heterocycles. The molecule has 56 valence electrons. The Bertz CT molecular complexity index is 447. The van der Waals surface area contributed by atoms with Crippen LogP contribution < -0.4 is 0 Å². The van der Waals surface area contributed by atoms with Crippen LogP contribution in [0.25, 0.3) is 10.8 Å². The van der Waals surface area contributed by atoms with Crippen LogP contribution in [0.3, 0.4) is 0 Å². The summed E-state index contributed by atoms with van der Waals surface area (Å²) in [4.78, 5) is 4.04. The predicted octanol–water partition coefficient (Wildman–Crippen LogP) is 2.22. The first-order chi connectivity index (χ1) is 5.92. The second kappa shape index (κ2) is 2.67. The Labute approximate surface area is 71.1 Å². The van der Waals surface area contributed by atoms with E-state index in [4.69, 9.17) is 6.42 Å². The van der Waals surface area contributed by atoms with Gasteiger partial charge in [-0.1, -0.05) is 30.2 Å². The third-order valence-electron chi connectivity index (χ3n) is 1.82. The van der Waals surface area contributed by atoms with E-state index in [1.54, 1.807) is 6.20 Å². The highest BCUT2D eigenvalue weighted by Gasteiger charge is 1.95. The third kappa shape index (κ3) is 0.943. The molecule has 0 unspecified atom stereocenters. The van der Waals surface area contributed by atoms with Crippen LogP contribution in [0.2, 0.25) is 0 Å². The van der Waals surface area contributed by atoms with Crippen molar-refractivity contribution in [3.05, 3.63) is 42.2 Å². The van der Waals surface area contributed by atoms with Crippen molar-refractivity contribution in [3.8, 4) is 12.3 Å². The van der Waals surface area contributed by atoms with Crippen molar-refractivity contribution in [2.45, 2.75) is 0 Å². The van der Waals surface area contributed by atoms with E-state index in [-0.39, 0.29) is 0 Å². The van der Waals surface area contributed by atoms with E-state index in [0.717, 1.165) is 16.3 Å². The fourth-order valence-electron chi connectivity index (χ4n) is 1.23. The van der Waals surface area contributed by atoms with E-state index in [0.29, 0.717) is 0 Å². The summed E-state index contributed by atoms with van der Waals surface area (Å²) in [6.45, 7) is 0. The lowest BCUT2D eigenvalue weighted by atomic mass is 10.1. The average Bonchev–Trinajstić information content (AvgIpc) is 2.17. The minimum absolute atomic E-state index is 0.855. The lowest BCUT2D eigenvalue weighted by molar-refractivity contribution is 1.35. The van der Waals surface area contributed by atoms with Gasteiger partial charge in [-0.25, -0.2) is 0 Å². The molecule has 2 aromatic rings. The largest absolute Gasteiger partial charge is 0.263 e. The molecule has 0 fully saturated rings. The maximum Gasteiger partial charge on any atom is 0.0504 e. The molecule has 0 aliphatic carbocycles. The molecular formula is C11H7N. The average molecular weight is 153 g/mol. The molecule has 1 aromatic carbocycles. The minimum atomic E-state index is 0.855. The van der Waals surface area contributed by atoms with Crippen LogP contribution in [-0.4, -0.2) is 4.98 Å². The first-order valence-electron chi connectivity index (χ1n) is 3.71. The molecule has 0 aliphatic heterocycles. The first-order valence-corrected chi connectivity index (χ1v) is 3.71. The highest BCUT2D eigenvalue weighted by Crippen LogP contribution is 2.15. The smallest absolute Gasteiger partial charge is 0.0504 e. The number of fused-ring (bicyclic) bond motifs is 1. The zero-order chi connectivity index (χ0) is 8.39. The van der Waals surface area contributed by atoms with E-state index in [9.17, 15) is 0 Å². The van der Waals surface area contributed by atoms with Gasteiger partial charge in [0, 0.05) is 23.2 Å². The molecule has 0 spiro atoms. The monoisotopic (exact) mass is 153 g/mol. The van der Waals surface area contributed by atoms with Gasteiger partial charge in [-0.2, -0.15) is 0 Å². The molecule has 2 rings (SSSR count). The Morgan fingerprint density at radius 1 is 1.17 bits per heavy atom. The van der Waals surface area contributed by atoms with Gasteiger partial charge in [-0.15, -0.1) is 6.42 Å². The molecule has 0 saturated carbocycles. The van der Waals surface area contributed by atoms with Gasteiger partial charge in [0.1, 0.15) is 0 Å². The maximum atomic E-state index is 5.33. The number of nitrogens with zero attached hydrogens (tertiary/aromatic N) is 1. The van der Waals surface area contributed by atoms with E-state index in [2.05, 4.69) is 10.9 Å². The lowest BCUT2D eigenvalue weighted by Gasteiger charge is -1.97. The van der Waals surface area contributed by atoms with Crippen molar-refractivity contribution in [2.75, 3.05) is 0 Å². The second-order valence-electron chi connectivity index (χ2n) is 2.55. The highest BCUT2D eigenvalue weighted by atomic mass is 14.6. The summed E-state index contributed by atoms with van der Waals surface area (Å²) in [5, 5.41) is 2.18. The second-order valence-corrected chi connectivity index (χ2v) is 2.55. The zero-order valence-corrected chi connectivity index (χ0v) is 6.49. The van der Waals surface area contributed by atoms with Gasteiger partial charge >= 0.3 is 0 Å².